The van der Waals surface area contributed by atoms with E-state index in [0.29, 0.717) is 23.2 Å². The van der Waals surface area contributed by atoms with E-state index in [4.69, 9.17) is 10.5 Å². The molecule has 1 aromatic rings. The Morgan fingerprint density at radius 2 is 2.25 bits per heavy atom. The largest absolute Gasteiger partial charge is 0.482 e. The molecule has 6 nitrogen and oxygen atoms in total. The highest BCUT2D eigenvalue weighted by Crippen LogP contribution is 2.34. The van der Waals surface area contributed by atoms with E-state index < -0.39 is 0 Å². The fraction of sp³-hybridized carbons (Fsp3) is 0.500. The number of nitrogen functional groups attached to an aromatic ring is 1. The molecular formula is C14H22N4O2. The first kappa shape index (κ1) is 14.5. The zero-order valence-corrected chi connectivity index (χ0v) is 12.2. The number of rotatable bonds is 5. The molecular weight excluding hydrogens is 256 g/mol. The quantitative estimate of drug-likeness (QED) is 0.709. The minimum atomic E-state index is -0.146. The average molecular weight is 278 g/mol. The molecule has 0 spiro atoms. The van der Waals surface area contributed by atoms with Crippen LogP contribution in [0.2, 0.25) is 0 Å². The third-order valence-corrected chi connectivity index (χ3v) is 3.45. The summed E-state index contributed by atoms with van der Waals surface area (Å²) in [5.74, 6) is 0.472. The van der Waals surface area contributed by atoms with E-state index in [1.54, 1.807) is 6.07 Å². The van der Waals surface area contributed by atoms with Crippen LogP contribution in [0.15, 0.2) is 12.1 Å². The molecule has 2 rings (SSSR count). The van der Waals surface area contributed by atoms with Gasteiger partial charge < -0.3 is 26.0 Å². The minimum Gasteiger partial charge on any atom is -0.482 e. The lowest BCUT2D eigenvalue weighted by atomic mass is 10.2. The van der Waals surface area contributed by atoms with Crippen LogP contribution in [-0.2, 0) is 4.79 Å². The first-order chi connectivity index (χ1) is 9.47. The van der Waals surface area contributed by atoms with Crippen LogP contribution in [0.1, 0.15) is 13.8 Å². The van der Waals surface area contributed by atoms with Crippen molar-refractivity contribution in [1.82, 2.24) is 4.90 Å². The second-order valence-corrected chi connectivity index (χ2v) is 5.27. The molecule has 1 heterocycles. The molecule has 0 saturated heterocycles. The Kier molecular flexibility index (Phi) is 4.34. The van der Waals surface area contributed by atoms with E-state index in [2.05, 4.69) is 36.4 Å². The van der Waals surface area contributed by atoms with Gasteiger partial charge in [-0.15, -0.1) is 0 Å². The molecule has 20 heavy (non-hydrogen) atoms. The molecule has 1 aromatic carbocycles. The standard InChI is InChI=1S/C14H22N4O2/c1-9(2)18(3)5-4-16-11-7-12-13(6-10(11)15)20-8-14(19)17-12/h6-7,9,16H,4-5,8,15H2,1-3H3,(H,17,19). The van der Waals surface area contributed by atoms with Crippen LogP contribution in [0.5, 0.6) is 5.75 Å². The number of nitrogens with two attached hydrogens (primary N) is 1. The number of nitrogens with zero attached hydrogens (tertiary/aromatic N) is 1. The van der Waals surface area contributed by atoms with Gasteiger partial charge in [0.15, 0.2) is 6.61 Å². The van der Waals surface area contributed by atoms with Gasteiger partial charge in [-0.25, -0.2) is 0 Å². The van der Waals surface area contributed by atoms with Crippen molar-refractivity contribution in [2.24, 2.45) is 0 Å². The van der Waals surface area contributed by atoms with Crippen molar-refractivity contribution in [3.63, 3.8) is 0 Å². The zero-order valence-electron chi connectivity index (χ0n) is 12.2. The number of benzene rings is 1. The molecule has 0 atom stereocenters. The first-order valence-corrected chi connectivity index (χ1v) is 6.77. The van der Waals surface area contributed by atoms with Gasteiger partial charge in [0.25, 0.3) is 5.91 Å². The van der Waals surface area contributed by atoms with Crippen molar-refractivity contribution in [2.45, 2.75) is 19.9 Å². The number of carbonyl (C=O) groups is 1. The molecule has 1 aliphatic rings. The highest BCUT2D eigenvalue weighted by molar-refractivity contribution is 5.97. The van der Waals surface area contributed by atoms with E-state index in [1.807, 2.05) is 6.07 Å². The van der Waals surface area contributed by atoms with E-state index in [0.717, 1.165) is 18.8 Å². The zero-order chi connectivity index (χ0) is 14.7. The number of carbonyl (C=O) groups excluding carboxylic acids is 1. The summed E-state index contributed by atoms with van der Waals surface area (Å²) in [6.07, 6.45) is 0. The monoisotopic (exact) mass is 278 g/mol. The molecule has 6 heteroatoms. The summed E-state index contributed by atoms with van der Waals surface area (Å²) < 4.78 is 5.32. The Balaban J connectivity index is 2.01. The average Bonchev–Trinajstić information content (AvgIpc) is 2.39. The lowest BCUT2D eigenvalue weighted by molar-refractivity contribution is -0.118. The van der Waals surface area contributed by atoms with E-state index in [9.17, 15) is 4.79 Å². The highest BCUT2D eigenvalue weighted by Gasteiger charge is 2.17. The van der Waals surface area contributed by atoms with Crippen LogP contribution < -0.4 is 21.1 Å². The second kappa shape index (κ2) is 6.00. The van der Waals surface area contributed by atoms with Gasteiger partial charge in [-0.1, -0.05) is 0 Å². The number of hydrogen-bond donors (Lipinski definition) is 3. The number of fused-ring (bicyclic) bond motifs is 1. The molecule has 4 N–H and O–H groups in total. The second-order valence-electron chi connectivity index (χ2n) is 5.27. The number of nitrogens with one attached hydrogen (secondary N) is 2. The van der Waals surface area contributed by atoms with Gasteiger partial charge in [-0.2, -0.15) is 0 Å². The molecule has 1 amide bonds. The molecule has 1 aliphatic heterocycles. The lowest BCUT2D eigenvalue weighted by Crippen LogP contribution is -2.31. The molecule has 110 valence electrons. The molecule has 0 aromatic heterocycles. The number of ether oxygens (including phenoxy) is 1. The summed E-state index contributed by atoms with van der Waals surface area (Å²) in [6.45, 7) is 6.04. The summed E-state index contributed by atoms with van der Waals surface area (Å²) >= 11 is 0. The summed E-state index contributed by atoms with van der Waals surface area (Å²) in [5, 5.41) is 6.07. The topological polar surface area (TPSA) is 79.6 Å². The third-order valence-electron chi connectivity index (χ3n) is 3.45. The summed E-state index contributed by atoms with van der Waals surface area (Å²) in [4.78, 5) is 13.5. The van der Waals surface area contributed by atoms with Crippen LogP contribution in [0.3, 0.4) is 0 Å². The molecule has 0 bridgehead atoms. The van der Waals surface area contributed by atoms with Crippen LogP contribution >= 0.6 is 0 Å². The fourth-order valence-electron chi connectivity index (χ4n) is 1.92. The van der Waals surface area contributed by atoms with Gasteiger partial charge in [0.1, 0.15) is 5.75 Å². The van der Waals surface area contributed by atoms with Crippen LogP contribution in [0.25, 0.3) is 0 Å². The third kappa shape index (κ3) is 3.33. The number of anilines is 3. The minimum absolute atomic E-state index is 0.0401. The van der Waals surface area contributed by atoms with Crippen molar-refractivity contribution in [3.8, 4) is 5.75 Å². The van der Waals surface area contributed by atoms with E-state index >= 15 is 0 Å². The first-order valence-electron chi connectivity index (χ1n) is 6.77. The van der Waals surface area contributed by atoms with Crippen molar-refractivity contribution in [1.29, 1.82) is 0 Å². The van der Waals surface area contributed by atoms with Gasteiger partial charge in [-0.3, -0.25) is 4.79 Å². The molecule has 0 saturated carbocycles. The Bertz CT molecular complexity index is 502. The molecule has 0 radical (unpaired) electrons. The Morgan fingerprint density at radius 1 is 1.50 bits per heavy atom. The van der Waals surface area contributed by atoms with Crippen molar-refractivity contribution in [2.75, 3.05) is 43.1 Å². The SMILES string of the molecule is CC(C)N(C)CCNc1cc2c(cc1N)OCC(=O)N2. The predicted molar refractivity (Wildman–Crippen MR) is 81.2 cm³/mol. The van der Waals surface area contributed by atoms with Gasteiger partial charge in [0, 0.05) is 25.2 Å². The molecule has 0 fully saturated rings. The lowest BCUT2D eigenvalue weighted by Gasteiger charge is -2.23. The summed E-state index contributed by atoms with van der Waals surface area (Å²) in [7, 11) is 2.08. The Labute approximate surface area is 119 Å². The Hall–Kier alpha value is -1.95. The molecule has 0 unspecified atom stereocenters. The fourth-order valence-corrected chi connectivity index (χ4v) is 1.92. The molecule has 0 aliphatic carbocycles. The van der Waals surface area contributed by atoms with Crippen molar-refractivity contribution >= 4 is 23.0 Å². The Morgan fingerprint density at radius 3 is 2.95 bits per heavy atom. The number of amides is 1. The van der Waals surface area contributed by atoms with Crippen molar-refractivity contribution < 1.29 is 9.53 Å². The van der Waals surface area contributed by atoms with Crippen LogP contribution in [-0.4, -0.2) is 43.6 Å². The van der Waals surface area contributed by atoms with Gasteiger partial charge >= 0.3 is 0 Å². The van der Waals surface area contributed by atoms with Crippen LogP contribution in [0, 0.1) is 0 Å². The number of likely N-dealkylation sites (N-methyl/N-ethyl adjacent to an activating group) is 1. The van der Waals surface area contributed by atoms with Crippen LogP contribution in [0.4, 0.5) is 17.1 Å². The maximum atomic E-state index is 11.3. The van der Waals surface area contributed by atoms with E-state index in [1.165, 1.54) is 0 Å². The summed E-state index contributed by atoms with van der Waals surface area (Å²) in [5.41, 5.74) is 8.08. The van der Waals surface area contributed by atoms with E-state index in [-0.39, 0.29) is 12.5 Å². The van der Waals surface area contributed by atoms with Gasteiger partial charge in [-0.05, 0) is 27.0 Å². The maximum Gasteiger partial charge on any atom is 0.262 e. The predicted octanol–water partition coefficient (Wildman–Crippen LogP) is 1.35. The number of hydrogen-bond acceptors (Lipinski definition) is 5. The normalized spacial score (nSPS) is 13.9. The van der Waals surface area contributed by atoms with Gasteiger partial charge in [0.05, 0.1) is 17.1 Å². The van der Waals surface area contributed by atoms with Gasteiger partial charge in [0.2, 0.25) is 0 Å². The van der Waals surface area contributed by atoms with Crippen molar-refractivity contribution in [3.05, 3.63) is 12.1 Å². The maximum absolute atomic E-state index is 11.3. The summed E-state index contributed by atoms with van der Waals surface area (Å²) in [6, 6.07) is 4.06. The highest BCUT2D eigenvalue weighted by atomic mass is 16.5. The smallest absolute Gasteiger partial charge is 0.262 e.